The van der Waals surface area contributed by atoms with Crippen molar-refractivity contribution in [1.82, 2.24) is 4.90 Å². The summed E-state index contributed by atoms with van der Waals surface area (Å²) in [5.74, 6) is 1.80. The molecule has 5 heteroatoms. The van der Waals surface area contributed by atoms with Gasteiger partial charge >= 0.3 is 0 Å². The molecule has 19 heavy (non-hydrogen) atoms. The van der Waals surface area contributed by atoms with Crippen molar-refractivity contribution in [3.8, 4) is 0 Å². The number of fused-ring (bicyclic) bond motifs is 1. The zero-order chi connectivity index (χ0) is 13.4. The van der Waals surface area contributed by atoms with E-state index in [9.17, 15) is 9.18 Å². The maximum atomic E-state index is 13.1. The van der Waals surface area contributed by atoms with Crippen molar-refractivity contribution < 1.29 is 13.6 Å². The van der Waals surface area contributed by atoms with Gasteiger partial charge in [0, 0.05) is 23.4 Å². The van der Waals surface area contributed by atoms with Crippen molar-refractivity contribution in [2.45, 2.75) is 6.04 Å². The van der Waals surface area contributed by atoms with E-state index in [1.807, 2.05) is 11.9 Å². The first-order valence-corrected chi connectivity index (χ1v) is 7.32. The molecule has 1 fully saturated rings. The Morgan fingerprint density at radius 2 is 2.32 bits per heavy atom. The minimum atomic E-state index is -0.322. The van der Waals surface area contributed by atoms with Crippen LogP contribution in [0.4, 0.5) is 4.39 Å². The molecule has 1 atom stereocenters. The molecule has 0 bridgehead atoms. The molecule has 0 N–H and O–H groups in total. The van der Waals surface area contributed by atoms with Crippen molar-refractivity contribution >= 4 is 28.5 Å². The van der Waals surface area contributed by atoms with Crippen LogP contribution in [0.25, 0.3) is 11.0 Å². The van der Waals surface area contributed by atoms with Gasteiger partial charge in [-0.25, -0.2) is 4.39 Å². The number of nitrogens with zero attached hydrogens (tertiary/aromatic N) is 1. The largest absolute Gasteiger partial charge is 0.453 e. The van der Waals surface area contributed by atoms with Crippen LogP contribution in [-0.2, 0) is 0 Å². The van der Waals surface area contributed by atoms with Gasteiger partial charge in [-0.1, -0.05) is 0 Å². The van der Waals surface area contributed by atoms with Gasteiger partial charge in [-0.15, -0.1) is 0 Å². The predicted molar refractivity (Wildman–Crippen MR) is 74.2 cm³/mol. The third-order valence-corrected chi connectivity index (χ3v) is 4.44. The van der Waals surface area contributed by atoms with E-state index in [2.05, 4.69) is 0 Å². The highest BCUT2D eigenvalue weighted by Crippen LogP contribution is 2.24. The number of hydrogen-bond acceptors (Lipinski definition) is 4. The van der Waals surface area contributed by atoms with Crippen LogP contribution in [0.3, 0.4) is 0 Å². The highest BCUT2D eigenvalue weighted by molar-refractivity contribution is 7.99. The lowest BCUT2D eigenvalue weighted by atomic mass is 10.1. The van der Waals surface area contributed by atoms with E-state index < -0.39 is 0 Å². The van der Waals surface area contributed by atoms with Crippen molar-refractivity contribution in [2.75, 3.05) is 25.1 Å². The lowest BCUT2D eigenvalue weighted by Crippen LogP contribution is -2.44. The molecule has 2 aromatic rings. The number of ketones is 1. The summed E-state index contributed by atoms with van der Waals surface area (Å²) in [6.07, 6.45) is 0. The third-order valence-electron chi connectivity index (χ3n) is 3.42. The second kappa shape index (κ2) is 4.98. The SMILES string of the molecule is CN1CCSCC1C(=O)c1cc2cc(F)ccc2o1. The molecule has 1 aliphatic rings. The van der Waals surface area contributed by atoms with Crippen molar-refractivity contribution in [2.24, 2.45) is 0 Å². The molecule has 2 heterocycles. The van der Waals surface area contributed by atoms with E-state index in [-0.39, 0.29) is 17.6 Å². The summed E-state index contributed by atoms with van der Waals surface area (Å²) in [6.45, 7) is 0.899. The minimum absolute atomic E-state index is 0.0219. The fourth-order valence-corrected chi connectivity index (χ4v) is 3.48. The summed E-state index contributed by atoms with van der Waals surface area (Å²) >= 11 is 1.77. The predicted octanol–water partition coefficient (Wildman–Crippen LogP) is 2.80. The van der Waals surface area contributed by atoms with Gasteiger partial charge in [0.1, 0.15) is 11.4 Å². The zero-order valence-electron chi connectivity index (χ0n) is 10.6. The smallest absolute Gasteiger partial charge is 0.215 e. The summed E-state index contributed by atoms with van der Waals surface area (Å²) in [6, 6.07) is 5.76. The van der Waals surface area contributed by atoms with Crippen molar-refractivity contribution in [1.29, 1.82) is 0 Å². The summed E-state index contributed by atoms with van der Waals surface area (Å²) < 4.78 is 18.7. The molecule has 0 aliphatic carbocycles. The van der Waals surface area contributed by atoms with Gasteiger partial charge < -0.3 is 4.42 Å². The minimum Gasteiger partial charge on any atom is -0.453 e. The monoisotopic (exact) mass is 279 g/mol. The normalized spacial score (nSPS) is 20.8. The van der Waals surface area contributed by atoms with Crippen LogP contribution >= 0.6 is 11.8 Å². The molecule has 1 aliphatic heterocycles. The lowest BCUT2D eigenvalue weighted by Gasteiger charge is -2.30. The molecular formula is C14H14FNO2S. The Bertz CT molecular complexity index is 625. The van der Waals surface area contributed by atoms with E-state index in [0.717, 1.165) is 18.1 Å². The Hall–Kier alpha value is -1.33. The number of carbonyl (C=O) groups excluding carboxylic acids is 1. The number of benzene rings is 1. The molecule has 1 aromatic carbocycles. The van der Waals surface area contributed by atoms with Crippen LogP contribution in [0.15, 0.2) is 28.7 Å². The molecule has 0 amide bonds. The molecule has 0 radical (unpaired) electrons. The Morgan fingerprint density at radius 3 is 3.11 bits per heavy atom. The van der Waals surface area contributed by atoms with Crippen LogP contribution in [-0.4, -0.2) is 41.8 Å². The van der Waals surface area contributed by atoms with Gasteiger partial charge in [0.25, 0.3) is 0 Å². The highest BCUT2D eigenvalue weighted by atomic mass is 32.2. The maximum absolute atomic E-state index is 13.1. The van der Waals surface area contributed by atoms with E-state index in [1.54, 1.807) is 23.9 Å². The Kier molecular flexibility index (Phi) is 3.33. The van der Waals surface area contributed by atoms with Crippen molar-refractivity contribution in [3.63, 3.8) is 0 Å². The van der Waals surface area contributed by atoms with Gasteiger partial charge in [-0.05, 0) is 31.3 Å². The summed E-state index contributed by atoms with van der Waals surface area (Å²) in [7, 11) is 1.95. The van der Waals surface area contributed by atoms with Crippen LogP contribution in [0.5, 0.6) is 0 Å². The number of Topliss-reactive ketones (excluding diaryl/α,β-unsaturated/α-hetero) is 1. The Morgan fingerprint density at radius 1 is 1.47 bits per heavy atom. The lowest BCUT2D eigenvalue weighted by molar-refractivity contribution is 0.0848. The number of hydrogen-bond donors (Lipinski definition) is 0. The summed E-state index contributed by atoms with van der Waals surface area (Å²) in [4.78, 5) is 14.5. The topological polar surface area (TPSA) is 33.5 Å². The van der Waals surface area contributed by atoms with Crippen molar-refractivity contribution in [3.05, 3.63) is 35.8 Å². The number of likely N-dealkylation sites (N-methyl/N-ethyl adjacent to an activating group) is 1. The van der Waals surface area contributed by atoms with Gasteiger partial charge in [0.05, 0.1) is 6.04 Å². The number of halogens is 1. The van der Waals surface area contributed by atoms with E-state index in [1.165, 1.54) is 12.1 Å². The fraction of sp³-hybridized carbons (Fsp3) is 0.357. The van der Waals surface area contributed by atoms with Gasteiger partial charge in [-0.3, -0.25) is 9.69 Å². The Labute approximate surface area is 114 Å². The molecule has 0 spiro atoms. The third kappa shape index (κ3) is 2.40. The number of thioether (sulfide) groups is 1. The second-order valence-electron chi connectivity index (χ2n) is 4.73. The fourth-order valence-electron chi connectivity index (χ4n) is 2.26. The second-order valence-corrected chi connectivity index (χ2v) is 5.88. The number of furan rings is 1. The van der Waals surface area contributed by atoms with E-state index in [4.69, 9.17) is 4.42 Å². The van der Waals surface area contributed by atoms with Crippen LogP contribution in [0.1, 0.15) is 10.6 Å². The zero-order valence-corrected chi connectivity index (χ0v) is 11.4. The summed E-state index contributed by atoms with van der Waals surface area (Å²) in [5.41, 5.74) is 0.552. The van der Waals surface area contributed by atoms with E-state index in [0.29, 0.717) is 16.7 Å². The first-order chi connectivity index (χ1) is 9.15. The molecule has 1 unspecified atom stereocenters. The summed E-state index contributed by atoms with van der Waals surface area (Å²) in [5, 5.41) is 0.634. The van der Waals surface area contributed by atoms with Crippen LogP contribution in [0, 0.1) is 5.82 Å². The highest BCUT2D eigenvalue weighted by Gasteiger charge is 2.29. The van der Waals surface area contributed by atoms with Gasteiger partial charge in [-0.2, -0.15) is 11.8 Å². The maximum Gasteiger partial charge on any atom is 0.215 e. The molecule has 0 saturated carbocycles. The first-order valence-electron chi connectivity index (χ1n) is 6.16. The van der Waals surface area contributed by atoms with Gasteiger partial charge in [0.15, 0.2) is 5.76 Å². The first kappa shape index (κ1) is 12.7. The Balaban J connectivity index is 1.92. The van der Waals surface area contributed by atoms with Crippen LogP contribution in [0.2, 0.25) is 0 Å². The average Bonchev–Trinajstić information content (AvgIpc) is 2.81. The van der Waals surface area contributed by atoms with E-state index >= 15 is 0 Å². The van der Waals surface area contributed by atoms with Gasteiger partial charge in [0.2, 0.25) is 5.78 Å². The molecular weight excluding hydrogens is 265 g/mol. The molecule has 3 rings (SSSR count). The average molecular weight is 279 g/mol. The molecule has 100 valence electrons. The molecule has 1 aromatic heterocycles. The molecule has 1 saturated heterocycles. The van der Waals surface area contributed by atoms with Crippen LogP contribution < -0.4 is 0 Å². The number of rotatable bonds is 2. The quantitative estimate of drug-likeness (QED) is 0.792. The number of carbonyl (C=O) groups is 1. The molecule has 3 nitrogen and oxygen atoms in total. The standard InChI is InChI=1S/C14H14FNO2S/c1-16-4-5-19-8-11(16)14(17)13-7-9-6-10(15)2-3-12(9)18-13/h2-3,6-7,11H,4-5,8H2,1H3.